The van der Waals surface area contributed by atoms with E-state index in [4.69, 9.17) is 4.74 Å². The number of carbonyl (C=O) groups is 1. The van der Waals surface area contributed by atoms with Crippen LogP contribution in [0.15, 0.2) is 12.3 Å². The number of anilines is 1. The van der Waals surface area contributed by atoms with Crippen molar-refractivity contribution in [2.24, 2.45) is 0 Å². The number of hydrogen-bond donors (Lipinski definition) is 2. The van der Waals surface area contributed by atoms with Crippen molar-refractivity contribution in [1.29, 1.82) is 0 Å². The van der Waals surface area contributed by atoms with Crippen molar-refractivity contribution in [2.75, 3.05) is 39.7 Å². The largest absolute Gasteiger partial charge is 0.389 e. The van der Waals surface area contributed by atoms with Crippen molar-refractivity contribution in [3.8, 4) is 0 Å². The highest BCUT2D eigenvalue weighted by Crippen LogP contribution is 2.16. The number of carbonyl (C=O) groups excluding carboxylic acids is 1. The van der Waals surface area contributed by atoms with Gasteiger partial charge in [0.25, 0.3) is 5.91 Å². The number of ether oxygens (including phenoxy) is 1. The molecule has 0 bridgehead atoms. The van der Waals surface area contributed by atoms with Gasteiger partial charge in [-0.15, -0.1) is 0 Å². The fourth-order valence-electron chi connectivity index (χ4n) is 1.63. The summed E-state index contributed by atoms with van der Waals surface area (Å²) in [6, 6.07) is 1.30. The zero-order valence-corrected chi connectivity index (χ0v) is 11.2. The van der Waals surface area contributed by atoms with E-state index in [0.29, 0.717) is 0 Å². The Morgan fingerprint density at radius 2 is 2.37 bits per heavy atom. The molecule has 0 aliphatic heterocycles. The van der Waals surface area contributed by atoms with Gasteiger partial charge in [-0.3, -0.25) is 4.79 Å². The number of amides is 1. The van der Waals surface area contributed by atoms with Gasteiger partial charge in [0.05, 0.1) is 18.3 Å². The third kappa shape index (κ3) is 3.87. The van der Waals surface area contributed by atoms with Gasteiger partial charge in [0.1, 0.15) is 0 Å². The molecule has 6 nitrogen and oxygen atoms in total. The van der Waals surface area contributed by atoms with Gasteiger partial charge in [-0.05, 0) is 6.07 Å². The molecule has 1 aromatic heterocycles. The van der Waals surface area contributed by atoms with Gasteiger partial charge in [0, 0.05) is 33.9 Å². The standard InChI is InChI=1S/C12H18FN3O3/c1-14-11-10(13)9(4-5-15-11)12(18)16(2)6-8(17)7-19-3/h4-5,8,17H,6-7H2,1-3H3,(H,14,15). The van der Waals surface area contributed by atoms with Crippen LogP contribution < -0.4 is 5.32 Å². The maximum absolute atomic E-state index is 13.9. The van der Waals surface area contributed by atoms with E-state index in [1.165, 1.54) is 38.4 Å². The molecule has 0 fully saturated rings. The summed E-state index contributed by atoms with van der Waals surface area (Å²) in [6.45, 7) is 0.168. The molecule has 1 amide bonds. The van der Waals surface area contributed by atoms with Crippen LogP contribution >= 0.6 is 0 Å². The number of aliphatic hydroxyl groups excluding tert-OH is 1. The number of methoxy groups -OCH3 is 1. The van der Waals surface area contributed by atoms with E-state index in [-0.39, 0.29) is 24.5 Å². The van der Waals surface area contributed by atoms with Gasteiger partial charge in [-0.25, -0.2) is 9.37 Å². The van der Waals surface area contributed by atoms with Crippen LogP contribution in [0.3, 0.4) is 0 Å². The second-order valence-corrected chi connectivity index (χ2v) is 4.07. The Morgan fingerprint density at radius 1 is 1.68 bits per heavy atom. The molecular weight excluding hydrogens is 253 g/mol. The minimum absolute atomic E-state index is 0.0108. The fraction of sp³-hybridized carbons (Fsp3) is 0.500. The first-order valence-corrected chi connectivity index (χ1v) is 5.76. The van der Waals surface area contributed by atoms with Crippen molar-refractivity contribution in [1.82, 2.24) is 9.88 Å². The van der Waals surface area contributed by atoms with E-state index >= 15 is 0 Å². The molecular formula is C12H18FN3O3. The first-order valence-electron chi connectivity index (χ1n) is 5.76. The van der Waals surface area contributed by atoms with Gasteiger partial charge in [0.15, 0.2) is 11.6 Å². The van der Waals surface area contributed by atoms with Crippen LogP contribution in [0.2, 0.25) is 0 Å². The van der Waals surface area contributed by atoms with E-state index in [1.54, 1.807) is 0 Å². The van der Waals surface area contributed by atoms with Crippen molar-refractivity contribution >= 4 is 11.7 Å². The van der Waals surface area contributed by atoms with Crippen molar-refractivity contribution in [3.63, 3.8) is 0 Å². The Bertz CT molecular complexity index is 442. The van der Waals surface area contributed by atoms with E-state index < -0.39 is 17.8 Å². The van der Waals surface area contributed by atoms with Gasteiger partial charge >= 0.3 is 0 Å². The minimum atomic E-state index is -0.812. The Labute approximate surface area is 111 Å². The topological polar surface area (TPSA) is 74.7 Å². The van der Waals surface area contributed by atoms with Crippen molar-refractivity contribution < 1.29 is 19.0 Å². The zero-order valence-electron chi connectivity index (χ0n) is 11.2. The number of likely N-dealkylation sites (N-methyl/N-ethyl adjacent to an activating group) is 1. The molecule has 2 N–H and O–H groups in total. The maximum atomic E-state index is 13.9. The van der Waals surface area contributed by atoms with Gasteiger partial charge in [-0.1, -0.05) is 0 Å². The highest BCUT2D eigenvalue weighted by atomic mass is 19.1. The lowest BCUT2D eigenvalue weighted by atomic mass is 10.2. The summed E-state index contributed by atoms with van der Waals surface area (Å²) in [5, 5.41) is 12.1. The normalized spacial score (nSPS) is 12.1. The molecule has 1 aromatic rings. The highest BCUT2D eigenvalue weighted by molar-refractivity contribution is 5.95. The fourth-order valence-corrected chi connectivity index (χ4v) is 1.63. The molecule has 19 heavy (non-hydrogen) atoms. The average Bonchev–Trinajstić information content (AvgIpc) is 2.38. The number of pyridine rings is 1. The van der Waals surface area contributed by atoms with Gasteiger partial charge < -0.3 is 20.1 Å². The number of aromatic nitrogens is 1. The van der Waals surface area contributed by atoms with E-state index in [1.807, 2.05) is 0 Å². The third-order valence-electron chi connectivity index (χ3n) is 2.55. The molecule has 7 heteroatoms. The molecule has 1 heterocycles. The summed E-state index contributed by atoms with van der Waals surface area (Å²) in [6.07, 6.45) is 0.536. The highest BCUT2D eigenvalue weighted by Gasteiger charge is 2.20. The molecule has 0 saturated carbocycles. The van der Waals surface area contributed by atoms with Crippen LogP contribution in [0.4, 0.5) is 10.2 Å². The van der Waals surface area contributed by atoms with Crippen LogP contribution in [0.5, 0.6) is 0 Å². The number of aliphatic hydroxyl groups is 1. The summed E-state index contributed by atoms with van der Waals surface area (Å²) in [4.78, 5) is 17.1. The summed E-state index contributed by atoms with van der Waals surface area (Å²) in [5.74, 6) is -1.22. The molecule has 0 radical (unpaired) electrons. The number of rotatable bonds is 6. The number of nitrogens with zero attached hydrogens (tertiary/aromatic N) is 2. The van der Waals surface area contributed by atoms with Crippen molar-refractivity contribution in [2.45, 2.75) is 6.10 Å². The number of hydrogen-bond acceptors (Lipinski definition) is 5. The number of halogens is 1. The summed E-state index contributed by atoms with van der Waals surface area (Å²) in [7, 11) is 4.46. The van der Waals surface area contributed by atoms with Crippen LogP contribution in [-0.2, 0) is 4.74 Å². The quantitative estimate of drug-likeness (QED) is 0.780. The number of nitrogens with one attached hydrogen (secondary N) is 1. The predicted molar refractivity (Wildman–Crippen MR) is 68.6 cm³/mol. The first kappa shape index (κ1) is 15.3. The Kier molecular flexibility index (Phi) is 5.65. The van der Waals surface area contributed by atoms with Crippen LogP contribution in [0, 0.1) is 5.82 Å². The SMILES string of the molecule is CNc1nccc(C(=O)N(C)CC(O)COC)c1F. The zero-order chi connectivity index (χ0) is 14.4. The molecule has 1 atom stereocenters. The summed E-state index contributed by atoms with van der Waals surface area (Å²) in [5.41, 5.74) is -0.0912. The third-order valence-corrected chi connectivity index (χ3v) is 2.55. The molecule has 0 aliphatic rings. The molecule has 1 rings (SSSR count). The molecule has 0 aromatic carbocycles. The lowest BCUT2D eigenvalue weighted by Gasteiger charge is -2.21. The van der Waals surface area contributed by atoms with Crippen LogP contribution in [-0.4, -0.2) is 61.4 Å². The Balaban J connectivity index is 2.82. The second-order valence-electron chi connectivity index (χ2n) is 4.07. The van der Waals surface area contributed by atoms with Crippen LogP contribution in [0.25, 0.3) is 0 Å². The first-order chi connectivity index (χ1) is 9.01. The van der Waals surface area contributed by atoms with Crippen LogP contribution in [0.1, 0.15) is 10.4 Å². The average molecular weight is 271 g/mol. The summed E-state index contributed by atoms with van der Waals surface area (Å²) < 4.78 is 18.7. The Morgan fingerprint density at radius 3 is 2.95 bits per heavy atom. The van der Waals surface area contributed by atoms with Gasteiger partial charge in [0.2, 0.25) is 0 Å². The molecule has 0 aliphatic carbocycles. The minimum Gasteiger partial charge on any atom is -0.389 e. The van der Waals surface area contributed by atoms with Crippen molar-refractivity contribution in [3.05, 3.63) is 23.6 Å². The van der Waals surface area contributed by atoms with Gasteiger partial charge in [-0.2, -0.15) is 0 Å². The monoisotopic (exact) mass is 271 g/mol. The molecule has 0 spiro atoms. The Hall–Kier alpha value is -1.73. The molecule has 1 unspecified atom stereocenters. The second kappa shape index (κ2) is 7.01. The van der Waals surface area contributed by atoms with E-state index in [0.717, 1.165) is 0 Å². The molecule has 0 saturated heterocycles. The van der Waals surface area contributed by atoms with E-state index in [2.05, 4.69) is 10.3 Å². The predicted octanol–water partition coefficient (Wildman–Crippen LogP) is 0.342. The van der Waals surface area contributed by atoms with E-state index in [9.17, 15) is 14.3 Å². The lowest BCUT2D eigenvalue weighted by Crippen LogP contribution is -2.36. The molecule has 106 valence electrons. The smallest absolute Gasteiger partial charge is 0.256 e. The lowest BCUT2D eigenvalue weighted by molar-refractivity contribution is 0.0378. The maximum Gasteiger partial charge on any atom is 0.256 e. The summed E-state index contributed by atoms with van der Waals surface area (Å²) >= 11 is 0.